The fourth-order valence-electron chi connectivity index (χ4n) is 3.48. The van der Waals surface area contributed by atoms with E-state index in [1.807, 2.05) is 18.2 Å². The summed E-state index contributed by atoms with van der Waals surface area (Å²) in [6.07, 6.45) is 4.46. The van der Waals surface area contributed by atoms with E-state index in [1.165, 1.54) is 6.42 Å². The third-order valence-corrected chi connectivity index (χ3v) is 4.75. The van der Waals surface area contributed by atoms with Crippen LogP contribution < -0.4 is 5.32 Å². The standard InChI is InChI=1S/C16H19N3O/c20-13-6-2-1-5-12(13)16(7-3-8-16)14-11-15-17-9-4-10-19(15)18-14/h1-2,5-6,11,17,20H,3-4,7-10H2. The molecule has 0 saturated heterocycles. The Balaban J connectivity index is 1.82. The molecule has 1 aromatic heterocycles. The molecular weight excluding hydrogens is 250 g/mol. The van der Waals surface area contributed by atoms with E-state index in [2.05, 4.69) is 16.1 Å². The third-order valence-electron chi connectivity index (χ3n) is 4.75. The van der Waals surface area contributed by atoms with Gasteiger partial charge in [-0.3, -0.25) is 0 Å². The second-order valence-corrected chi connectivity index (χ2v) is 5.87. The first-order valence-corrected chi connectivity index (χ1v) is 7.40. The lowest BCUT2D eigenvalue weighted by molar-refractivity contribution is 0.281. The Hall–Kier alpha value is -1.97. The molecule has 2 N–H and O–H groups in total. The first kappa shape index (κ1) is 11.8. The maximum Gasteiger partial charge on any atom is 0.124 e. The first-order valence-electron chi connectivity index (χ1n) is 7.40. The van der Waals surface area contributed by atoms with Crippen molar-refractivity contribution in [3.05, 3.63) is 41.6 Å². The van der Waals surface area contributed by atoms with Crippen LogP contribution in [0.5, 0.6) is 5.75 Å². The van der Waals surface area contributed by atoms with Gasteiger partial charge in [-0.2, -0.15) is 5.10 Å². The Morgan fingerprint density at radius 3 is 2.75 bits per heavy atom. The van der Waals surface area contributed by atoms with E-state index in [4.69, 9.17) is 5.10 Å². The largest absolute Gasteiger partial charge is 0.508 e. The zero-order chi connectivity index (χ0) is 13.6. The molecule has 1 aliphatic heterocycles. The summed E-state index contributed by atoms with van der Waals surface area (Å²) in [5.74, 6) is 1.51. The number of hydrogen-bond donors (Lipinski definition) is 2. The van der Waals surface area contributed by atoms with Gasteiger partial charge < -0.3 is 10.4 Å². The van der Waals surface area contributed by atoms with Gasteiger partial charge in [0.15, 0.2) is 0 Å². The zero-order valence-electron chi connectivity index (χ0n) is 11.5. The smallest absolute Gasteiger partial charge is 0.124 e. The zero-order valence-corrected chi connectivity index (χ0v) is 11.5. The molecular formula is C16H19N3O. The molecule has 2 heterocycles. The van der Waals surface area contributed by atoms with Crippen molar-refractivity contribution in [2.75, 3.05) is 11.9 Å². The van der Waals surface area contributed by atoms with Crippen molar-refractivity contribution < 1.29 is 5.11 Å². The minimum atomic E-state index is -0.0859. The van der Waals surface area contributed by atoms with Crippen LogP contribution in [0.15, 0.2) is 30.3 Å². The van der Waals surface area contributed by atoms with E-state index < -0.39 is 0 Å². The van der Waals surface area contributed by atoms with Gasteiger partial charge in [-0.15, -0.1) is 0 Å². The van der Waals surface area contributed by atoms with Crippen molar-refractivity contribution in [3.63, 3.8) is 0 Å². The molecule has 0 atom stereocenters. The molecule has 2 aliphatic rings. The SMILES string of the molecule is Oc1ccccc1C1(c2cc3n(n2)CCCN3)CCC1. The summed E-state index contributed by atoms with van der Waals surface area (Å²) in [5.41, 5.74) is 2.05. The van der Waals surface area contributed by atoms with Gasteiger partial charge in [-0.1, -0.05) is 24.6 Å². The van der Waals surface area contributed by atoms with Gasteiger partial charge in [0.2, 0.25) is 0 Å². The van der Waals surface area contributed by atoms with Crippen LogP contribution in [0, 0.1) is 0 Å². The molecule has 104 valence electrons. The van der Waals surface area contributed by atoms with Gasteiger partial charge >= 0.3 is 0 Å². The molecule has 4 rings (SSSR count). The summed E-state index contributed by atoms with van der Waals surface area (Å²) in [6.45, 7) is 2.01. The van der Waals surface area contributed by atoms with Crippen LogP contribution in [-0.4, -0.2) is 21.4 Å². The molecule has 0 bridgehead atoms. The maximum atomic E-state index is 10.2. The number of aromatic hydroxyl groups is 1. The Labute approximate surface area is 118 Å². The quantitative estimate of drug-likeness (QED) is 0.881. The molecule has 0 unspecified atom stereocenters. The number of nitrogens with zero attached hydrogens (tertiary/aromatic N) is 2. The summed E-state index contributed by atoms with van der Waals surface area (Å²) >= 11 is 0. The highest BCUT2D eigenvalue weighted by atomic mass is 16.3. The van der Waals surface area contributed by atoms with E-state index >= 15 is 0 Å². The first-order chi connectivity index (χ1) is 9.79. The molecule has 4 heteroatoms. The highest BCUT2D eigenvalue weighted by Crippen LogP contribution is 2.51. The topological polar surface area (TPSA) is 50.1 Å². The summed E-state index contributed by atoms with van der Waals surface area (Å²) in [4.78, 5) is 0. The highest BCUT2D eigenvalue weighted by Gasteiger charge is 2.44. The Morgan fingerprint density at radius 2 is 2.05 bits per heavy atom. The Morgan fingerprint density at radius 1 is 1.20 bits per heavy atom. The lowest BCUT2D eigenvalue weighted by Gasteiger charge is -2.41. The Kier molecular flexibility index (Phi) is 2.52. The van der Waals surface area contributed by atoms with E-state index in [1.54, 1.807) is 6.07 Å². The number of anilines is 1. The molecule has 1 aliphatic carbocycles. The summed E-state index contributed by atoms with van der Waals surface area (Å²) in [7, 11) is 0. The van der Waals surface area contributed by atoms with E-state index in [0.717, 1.165) is 49.4 Å². The van der Waals surface area contributed by atoms with Gasteiger partial charge in [0.1, 0.15) is 11.6 Å². The average Bonchev–Trinajstić information content (AvgIpc) is 2.83. The van der Waals surface area contributed by atoms with Crippen LogP contribution in [0.25, 0.3) is 0 Å². The third kappa shape index (κ3) is 1.57. The summed E-state index contributed by atoms with van der Waals surface area (Å²) < 4.78 is 2.07. The molecule has 2 aromatic rings. The molecule has 0 amide bonds. The molecule has 4 nitrogen and oxygen atoms in total. The van der Waals surface area contributed by atoms with Crippen LogP contribution in [0.2, 0.25) is 0 Å². The van der Waals surface area contributed by atoms with E-state index in [0.29, 0.717) is 5.75 Å². The monoisotopic (exact) mass is 269 g/mol. The fraction of sp³-hybridized carbons (Fsp3) is 0.438. The molecule has 0 spiro atoms. The number of para-hydroxylation sites is 1. The van der Waals surface area contributed by atoms with Crippen molar-refractivity contribution in [1.29, 1.82) is 0 Å². The summed E-state index contributed by atoms with van der Waals surface area (Å²) in [5, 5.41) is 18.4. The van der Waals surface area contributed by atoms with Crippen LogP contribution in [0.3, 0.4) is 0 Å². The molecule has 0 radical (unpaired) electrons. The van der Waals surface area contributed by atoms with E-state index in [-0.39, 0.29) is 5.41 Å². The molecule has 1 aromatic carbocycles. The van der Waals surface area contributed by atoms with Crippen LogP contribution in [0.4, 0.5) is 5.82 Å². The van der Waals surface area contributed by atoms with E-state index in [9.17, 15) is 5.11 Å². The number of aryl methyl sites for hydroxylation is 1. The minimum Gasteiger partial charge on any atom is -0.508 e. The van der Waals surface area contributed by atoms with Crippen LogP contribution >= 0.6 is 0 Å². The lowest BCUT2D eigenvalue weighted by atomic mass is 9.62. The van der Waals surface area contributed by atoms with Gasteiger partial charge in [0.05, 0.1) is 5.69 Å². The number of aromatic nitrogens is 2. The number of nitrogens with one attached hydrogen (secondary N) is 1. The van der Waals surface area contributed by atoms with Crippen LogP contribution in [-0.2, 0) is 12.0 Å². The second-order valence-electron chi connectivity index (χ2n) is 5.87. The van der Waals surface area contributed by atoms with Gasteiger partial charge in [-0.05, 0) is 25.3 Å². The van der Waals surface area contributed by atoms with Gasteiger partial charge in [0, 0.05) is 30.1 Å². The van der Waals surface area contributed by atoms with Crippen molar-refractivity contribution >= 4 is 5.82 Å². The second kappa shape index (κ2) is 4.27. The van der Waals surface area contributed by atoms with Crippen molar-refractivity contribution in [2.24, 2.45) is 0 Å². The predicted molar refractivity (Wildman–Crippen MR) is 78.1 cm³/mol. The Bertz CT molecular complexity index is 619. The lowest BCUT2D eigenvalue weighted by Crippen LogP contribution is -2.36. The molecule has 1 fully saturated rings. The molecule has 1 saturated carbocycles. The number of fused-ring (bicyclic) bond motifs is 1. The fourth-order valence-corrected chi connectivity index (χ4v) is 3.48. The predicted octanol–water partition coefficient (Wildman–Crippen LogP) is 2.87. The number of hydrogen-bond acceptors (Lipinski definition) is 3. The molecule has 20 heavy (non-hydrogen) atoms. The summed E-state index contributed by atoms with van der Waals surface area (Å²) in [6, 6.07) is 9.88. The van der Waals surface area contributed by atoms with Gasteiger partial charge in [0.25, 0.3) is 0 Å². The normalized spacial score (nSPS) is 19.8. The number of benzene rings is 1. The minimum absolute atomic E-state index is 0.0859. The van der Waals surface area contributed by atoms with Crippen molar-refractivity contribution in [2.45, 2.75) is 37.6 Å². The van der Waals surface area contributed by atoms with Crippen molar-refractivity contribution in [1.82, 2.24) is 9.78 Å². The average molecular weight is 269 g/mol. The van der Waals surface area contributed by atoms with Gasteiger partial charge in [-0.25, -0.2) is 4.68 Å². The highest BCUT2D eigenvalue weighted by molar-refractivity contribution is 5.50. The van der Waals surface area contributed by atoms with Crippen molar-refractivity contribution in [3.8, 4) is 5.75 Å². The number of rotatable bonds is 2. The van der Waals surface area contributed by atoms with Crippen LogP contribution in [0.1, 0.15) is 36.9 Å². The number of phenolic OH excluding ortho intramolecular Hbond substituents is 1. The number of phenols is 1. The maximum absolute atomic E-state index is 10.2.